The molecular weight excluding hydrogens is 369 g/mol. The Kier molecular flexibility index (Phi) is 5.91. The molecule has 0 aromatic heterocycles. The van der Waals surface area contributed by atoms with E-state index in [1.165, 1.54) is 0 Å². The first kappa shape index (κ1) is 19.2. The zero-order valence-electron chi connectivity index (χ0n) is 15.0. The van der Waals surface area contributed by atoms with E-state index in [2.05, 4.69) is 12.2 Å². The molecule has 1 aliphatic heterocycles. The molecule has 1 heterocycles. The summed E-state index contributed by atoms with van der Waals surface area (Å²) in [5.74, 6) is 0.0547. The molecule has 0 aliphatic carbocycles. The SMILES string of the molecule is CCC(=O)NC1(C)C[C@@H](c2ccc(Cl)cc2)O[C@@H](c2ccc(Cl)cc2)C1. The monoisotopic (exact) mass is 391 g/mol. The van der Waals surface area contributed by atoms with Crippen LogP contribution in [-0.4, -0.2) is 11.4 Å². The van der Waals surface area contributed by atoms with Gasteiger partial charge in [-0.1, -0.05) is 54.4 Å². The van der Waals surface area contributed by atoms with Gasteiger partial charge in [0.25, 0.3) is 0 Å². The number of ether oxygens (including phenoxy) is 1. The average molecular weight is 392 g/mol. The summed E-state index contributed by atoms with van der Waals surface area (Å²) < 4.78 is 6.41. The maximum atomic E-state index is 12.1. The molecule has 1 saturated heterocycles. The van der Waals surface area contributed by atoms with Crippen molar-refractivity contribution in [1.29, 1.82) is 0 Å². The Balaban J connectivity index is 1.90. The number of hydrogen-bond acceptors (Lipinski definition) is 2. The molecule has 1 N–H and O–H groups in total. The van der Waals surface area contributed by atoms with Gasteiger partial charge in [-0.2, -0.15) is 0 Å². The van der Waals surface area contributed by atoms with Crippen LogP contribution in [0.25, 0.3) is 0 Å². The van der Waals surface area contributed by atoms with Gasteiger partial charge in [0.2, 0.25) is 5.91 Å². The normalized spacial score (nSPS) is 25.7. The van der Waals surface area contributed by atoms with E-state index in [0.29, 0.717) is 29.3 Å². The molecule has 1 unspecified atom stereocenters. The van der Waals surface area contributed by atoms with E-state index in [0.717, 1.165) is 11.1 Å². The molecule has 2 aromatic rings. The number of halogens is 2. The number of hydrogen-bond donors (Lipinski definition) is 1. The first-order valence-corrected chi connectivity index (χ1v) is 9.61. The Morgan fingerprint density at radius 3 is 1.81 bits per heavy atom. The van der Waals surface area contributed by atoms with Crippen LogP contribution in [0.4, 0.5) is 0 Å². The van der Waals surface area contributed by atoms with E-state index in [1.54, 1.807) is 0 Å². The lowest BCUT2D eigenvalue weighted by molar-refractivity contribution is -0.128. The predicted molar refractivity (Wildman–Crippen MR) is 106 cm³/mol. The van der Waals surface area contributed by atoms with Crippen LogP contribution in [0.5, 0.6) is 0 Å². The van der Waals surface area contributed by atoms with E-state index in [4.69, 9.17) is 27.9 Å². The third kappa shape index (κ3) is 4.59. The fraction of sp³-hybridized carbons (Fsp3) is 0.381. The van der Waals surface area contributed by atoms with Crippen molar-refractivity contribution in [2.45, 2.75) is 50.9 Å². The summed E-state index contributed by atoms with van der Waals surface area (Å²) in [5, 5.41) is 4.59. The lowest BCUT2D eigenvalue weighted by atomic mass is 9.81. The van der Waals surface area contributed by atoms with Crippen molar-refractivity contribution in [3.8, 4) is 0 Å². The van der Waals surface area contributed by atoms with Gasteiger partial charge in [-0.05, 0) is 42.3 Å². The minimum Gasteiger partial charge on any atom is -0.365 e. The van der Waals surface area contributed by atoms with E-state index >= 15 is 0 Å². The van der Waals surface area contributed by atoms with Gasteiger partial charge < -0.3 is 10.1 Å². The zero-order chi connectivity index (χ0) is 18.7. The van der Waals surface area contributed by atoms with Crippen molar-refractivity contribution in [3.05, 3.63) is 69.7 Å². The van der Waals surface area contributed by atoms with Gasteiger partial charge in [0.1, 0.15) is 0 Å². The maximum absolute atomic E-state index is 12.1. The number of amides is 1. The molecular formula is C21H23Cl2NO2. The van der Waals surface area contributed by atoms with Crippen molar-refractivity contribution >= 4 is 29.1 Å². The summed E-state index contributed by atoms with van der Waals surface area (Å²) >= 11 is 12.0. The van der Waals surface area contributed by atoms with Crippen LogP contribution in [0.3, 0.4) is 0 Å². The maximum Gasteiger partial charge on any atom is 0.220 e. The Bertz CT molecular complexity index is 705. The van der Waals surface area contributed by atoms with Gasteiger partial charge in [0, 0.05) is 34.8 Å². The third-order valence-corrected chi connectivity index (χ3v) is 5.35. The molecule has 2 aromatic carbocycles. The molecule has 0 bridgehead atoms. The standard InChI is InChI=1S/C21H23Cl2NO2/c1-3-20(25)24-21(2)12-18(14-4-8-16(22)9-5-14)26-19(13-21)15-6-10-17(23)11-7-15/h4-11,18-19H,3,12-13H2,1-2H3,(H,24,25)/t18-,19+,21?. The smallest absolute Gasteiger partial charge is 0.220 e. The number of benzene rings is 2. The highest BCUT2D eigenvalue weighted by atomic mass is 35.5. The number of carbonyl (C=O) groups is 1. The van der Waals surface area contributed by atoms with Crippen molar-refractivity contribution in [2.75, 3.05) is 0 Å². The number of nitrogens with one attached hydrogen (secondary N) is 1. The van der Waals surface area contributed by atoms with Crippen molar-refractivity contribution in [1.82, 2.24) is 5.32 Å². The second-order valence-electron chi connectivity index (χ2n) is 7.09. The molecule has 1 amide bonds. The summed E-state index contributed by atoms with van der Waals surface area (Å²) in [5.41, 5.74) is 1.77. The van der Waals surface area contributed by atoms with Crippen LogP contribution in [0, 0.1) is 0 Å². The van der Waals surface area contributed by atoms with Crippen LogP contribution < -0.4 is 5.32 Å². The summed E-state index contributed by atoms with van der Waals surface area (Å²) in [6, 6.07) is 15.4. The second kappa shape index (κ2) is 7.99. The number of rotatable bonds is 4. The summed E-state index contributed by atoms with van der Waals surface area (Å²) in [4.78, 5) is 12.1. The fourth-order valence-corrected chi connectivity index (χ4v) is 3.72. The first-order chi connectivity index (χ1) is 12.4. The Morgan fingerprint density at radius 1 is 1.00 bits per heavy atom. The summed E-state index contributed by atoms with van der Waals surface area (Å²) in [6.45, 7) is 3.96. The largest absolute Gasteiger partial charge is 0.365 e. The van der Waals surface area contributed by atoms with Crippen molar-refractivity contribution < 1.29 is 9.53 Å². The molecule has 1 fully saturated rings. The summed E-state index contributed by atoms with van der Waals surface area (Å²) in [6.07, 6.45) is 1.65. The number of carbonyl (C=O) groups excluding carboxylic acids is 1. The lowest BCUT2D eigenvalue weighted by Gasteiger charge is -2.43. The predicted octanol–water partition coefficient (Wildman–Crippen LogP) is 5.87. The van der Waals surface area contributed by atoms with Crippen LogP contribution in [0.15, 0.2) is 48.5 Å². The van der Waals surface area contributed by atoms with E-state index in [1.807, 2.05) is 55.5 Å². The van der Waals surface area contributed by atoms with E-state index in [-0.39, 0.29) is 23.7 Å². The lowest BCUT2D eigenvalue weighted by Crippen LogP contribution is -2.50. The van der Waals surface area contributed by atoms with Gasteiger partial charge in [-0.15, -0.1) is 0 Å². The Labute approximate surface area is 164 Å². The molecule has 26 heavy (non-hydrogen) atoms. The molecule has 0 spiro atoms. The molecule has 5 heteroatoms. The fourth-order valence-electron chi connectivity index (χ4n) is 3.47. The van der Waals surface area contributed by atoms with Crippen LogP contribution >= 0.6 is 23.2 Å². The zero-order valence-corrected chi connectivity index (χ0v) is 16.5. The van der Waals surface area contributed by atoms with Crippen LogP contribution in [-0.2, 0) is 9.53 Å². The van der Waals surface area contributed by atoms with Gasteiger partial charge >= 0.3 is 0 Å². The quantitative estimate of drug-likeness (QED) is 0.707. The van der Waals surface area contributed by atoms with Crippen LogP contribution in [0.2, 0.25) is 10.0 Å². The van der Waals surface area contributed by atoms with Gasteiger partial charge in [0.15, 0.2) is 0 Å². The van der Waals surface area contributed by atoms with Gasteiger partial charge in [0.05, 0.1) is 12.2 Å². The molecule has 3 nitrogen and oxygen atoms in total. The highest BCUT2D eigenvalue weighted by Crippen LogP contribution is 2.44. The first-order valence-electron chi connectivity index (χ1n) is 8.86. The Morgan fingerprint density at radius 2 is 1.42 bits per heavy atom. The van der Waals surface area contributed by atoms with Gasteiger partial charge in [-0.25, -0.2) is 0 Å². The molecule has 0 saturated carbocycles. The molecule has 3 rings (SSSR count). The Hall–Kier alpha value is -1.55. The van der Waals surface area contributed by atoms with Gasteiger partial charge in [-0.3, -0.25) is 4.79 Å². The molecule has 0 radical (unpaired) electrons. The minimum absolute atomic E-state index is 0.0547. The van der Waals surface area contributed by atoms with Crippen LogP contribution in [0.1, 0.15) is 56.4 Å². The topological polar surface area (TPSA) is 38.3 Å². The average Bonchev–Trinajstić information content (AvgIpc) is 2.62. The van der Waals surface area contributed by atoms with E-state index in [9.17, 15) is 4.79 Å². The molecule has 3 atom stereocenters. The van der Waals surface area contributed by atoms with Crippen molar-refractivity contribution in [2.24, 2.45) is 0 Å². The second-order valence-corrected chi connectivity index (χ2v) is 7.96. The minimum atomic E-state index is -0.347. The van der Waals surface area contributed by atoms with Crippen molar-refractivity contribution in [3.63, 3.8) is 0 Å². The molecule has 138 valence electrons. The third-order valence-electron chi connectivity index (χ3n) is 4.85. The highest BCUT2D eigenvalue weighted by molar-refractivity contribution is 6.30. The van der Waals surface area contributed by atoms with E-state index < -0.39 is 0 Å². The highest BCUT2D eigenvalue weighted by Gasteiger charge is 2.40. The summed E-state index contributed by atoms with van der Waals surface area (Å²) in [7, 11) is 0. The molecule has 1 aliphatic rings.